The van der Waals surface area contributed by atoms with Gasteiger partial charge in [-0.15, -0.1) is 0 Å². The molecule has 2 aliphatic rings. The van der Waals surface area contributed by atoms with Gasteiger partial charge in [-0.3, -0.25) is 19.4 Å². The molecule has 1 atom stereocenters. The van der Waals surface area contributed by atoms with E-state index in [1.54, 1.807) is 0 Å². The number of hydrogen-bond donors (Lipinski definition) is 0. The van der Waals surface area contributed by atoms with E-state index < -0.39 is 17.8 Å². The van der Waals surface area contributed by atoms with Crippen molar-refractivity contribution in [1.29, 1.82) is 0 Å². The van der Waals surface area contributed by atoms with Crippen molar-refractivity contribution in [1.82, 2.24) is 14.7 Å². The summed E-state index contributed by atoms with van der Waals surface area (Å²) in [6.07, 6.45) is 1.90. The molecule has 0 unspecified atom stereocenters. The van der Waals surface area contributed by atoms with Gasteiger partial charge in [-0.2, -0.15) is 0 Å². The minimum absolute atomic E-state index is 0.0968. The first kappa shape index (κ1) is 20.1. The van der Waals surface area contributed by atoms with Crippen molar-refractivity contribution in [3.05, 3.63) is 65.7 Å². The Morgan fingerprint density at radius 1 is 0.933 bits per heavy atom. The highest BCUT2D eigenvalue weighted by Crippen LogP contribution is 2.33. The molecule has 156 valence electrons. The lowest BCUT2D eigenvalue weighted by molar-refractivity contribution is -0.144. The van der Waals surface area contributed by atoms with Gasteiger partial charge in [-0.25, -0.2) is 9.69 Å². The Balaban J connectivity index is 1.46. The molecule has 7 heteroatoms. The first-order valence-corrected chi connectivity index (χ1v) is 10.3. The van der Waals surface area contributed by atoms with Crippen LogP contribution in [-0.4, -0.2) is 52.4 Å². The zero-order chi connectivity index (χ0) is 21.1. The quantitative estimate of drug-likeness (QED) is 0.521. The number of ether oxygens (including phenoxy) is 1. The average molecular weight is 407 g/mol. The van der Waals surface area contributed by atoms with Crippen LogP contribution in [0.2, 0.25) is 0 Å². The molecule has 0 N–H and O–H groups in total. The molecule has 0 radical (unpaired) electrons. The number of carbonyl (C=O) groups is 3. The summed E-state index contributed by atoms with van der Waals surface area (Å²) >= 11 is 0. The van der Waals surface area contributed by atoms with Crippen LogP contribution in [0.1, 0.15) is 36.9 Å². The third-order valence-corrected chi connectivity index (χ3v) is 5.58. The highest BCUT2D eigenvalue weighted by Gasteiger charge is 2.45. The fraction of sp³-hybridized carbons (Fsp3) is 0.348. The van der Waals surface area contributed by atoms with Crippen molar-refractivity contribution in [2.45, 2.75) is 32.4 Å². The smallest absolute Gasteiger partial charge is 0.335 e. The average Bonchev–Trinajstić information content (AvgIpc) is 3.30. The molecule has 4 amide bonds. The molecule has 0 bridgehead atoms. The van der Waals surface area contributed by atoms with Crippen molar-refractivity contribution < 1.29 is 19.1 Å². The van der Waals surface area contributed by atoms with Gasteiger partial charge >= 0.3 is 17.8 Å². The summed E-state index contributed by atoms with van der Waals surface area (Å²) in [5.74, 6) is -0.702. The molecule has 2 aromatic rings. The van der Waals surface area contributed by atoms with E-state index in [0.29, 0.717) is 6.61 Å². The molecule has 2 heterocycles. The normalized spacial score (nSPS) is 19.8. The fourth-order valence-electron chi connectivity index (χ4n) is 4.09. The number of likely N-dealkylation sites (tertiary alicyclic amines) is 1. The molecule has 2 fully saturated rings. The molecule has 2 aromatic carbocycles. The van der Waals surface area contributed by atoms with Gasteiger partial charge in [0.05, 0.1) is 19.8 Å². The summed E-state index contributed by atoms with van der Waals surface area (Å²) < 4.78 is 5.50. The van der Waals surface area contributed by atoms with Crippen LogP contribution in [0.4, 0.5) is 4.79 Å². The van der Waals surface area contributed by atoms with Crippen molar-refractivity contribution in [3.8, 4) is 5.75 Å². The molecular formula is C23H25N3O4. The van der Waals surface area contributed by atoms with Gasteiger partial charge < -0.3 is 4.74 Å². The molecule has 0 spiro atoms. The summed E-state index contributed by atoms with van der Waals surface area (Å²) in [6.45, 7) is 3.54. The molecule has 4 rings (SSSR count). The fourth-order valence-corrected chi connectivity index (χ4v) is 4.09. The Morgan fingerprint density at radius 2 is 1.63 bits per heavy atom. The van der Waals surface area contributed by atoms with Crippen LogP contribution < -0.4 is 4.74 Å². The van der Waals surface area contributed by atoms with E-state index in [4.69, 9.17) is 4.74 Å². The Labute approximate surface area is 175 Å². The van der Waals surface area contributed by atoms with E-state index in [0.717, 1.165) is 46.1 Å². The van der Waals surface area contributed by atoms with Crippen LogP contribution in [0.25, 0.3) is 0 Å². The second-order valence-corrected chi connectivity index (χ2v) is 7.51. The van der Waals surface area contributed by atoms with E-state index in [-0.39, 0.29) is 19.3 Å². The Kier molecular flexibility index (Phi) is 5.81. The molecule has 30 heavy (non-hydrogen) atoms. The van der Waals surface area contributed by atoms with Crippen LogP contribution >= 0.6 is 0 Å². The van der Waals surface area contributed by atoms with E-state index in [2.05, 4.69) is 4.90 Å². The Bertz CT molecular complexity index is 929. The van der Waals surface area contributed by atoms with Crippen molar-refractivity contribution >= 4 is 17.8 Å². The van der Waals surface area contributed by atoms with Crippen molar-refractivity contribution in [3.63, 3.8) is 0 Å². The lowest BCUT2D eigenvalue weighted by Crippen LogP contribution is -2.42. The lowest BCUT2D eigenvalue weighted by Gasteiger charge is -2.28. The third kappa shape index (κ3) is 3.93. The molecule has 0 aromatic heterocycles. The van der Waals surface area contributed by atoms with E-state index in [9.17, 15) is 14.4 Å². The van der Waals surface area contributed by atoms with E-state index >= 15 is 0 Å². The summed E-state index contributed by atoms with van der Waals surface area (Å²) in [4.78, 5) is 42.0. The molecule has 7 nitrogen and oxygen atoms in total. The maximum atomic E-state index is 12.8. The van der Waals surface area contributed by atoms with Gasteiger partial charge in [-0.1, -0.05) is 42.5 Å². The van der Waals surface area contributed by atoms with Crippen molar-refractivity contribution in [2.24, 2.45) is 0 Å². The predicted molar refractivity (Wildman–Crippen MR) is 110 cm³/mol. The number of hydrogen-bond acceptors (Lipinski definition) is 5. The molecule has 0 aliphatic carbocycles. The largest absolute Gasteiger partial charge is 0.494 e. The number of nitrogens with zero attached hydrogens (tertiary/aromatic N) is 3. The maximum Gasteiger partial charge on any atom is 0.335 e. The van der Waals surface area contributed by atoms with E-state index in [1.165, 1.54) is 0 Å². The minimum atomic E-state index is -0.763. The number of amides is 4. The number of benzene rings is 2. The monoisotopic (exact) mass is 407 g/mol. The highest BCUT2D eigenvalue weighted by atomic mass is 16.5. The standard InChI is InChI=1S/C23H25N3O4/c1-2-30-19-12-10-18(11-13-19)20-9-6-14-24(20)16-26-22(28)21(27)25(23(26)29)15-17-7-4-3-5-8-17/h3-5,7-8,10-13,20H,2,6,9,14-16H2,1H3/t20-/m0/s1. The number of imide groups is 2. The van der Waals surface area contributed by atoms with Crippen LogP contribution in [-0.2, 0) is 16.1 Å². The molecule has 2 aliphatic heterocycles. The Hall–Kier alpha value is -3.19. The summed E-state index contributed by atoms with van der Waals surface area (Å²) in [6, 6.07) is 16.7. The number of urea groups is 1. The van der Waals surface area contributed by atoms with Crippen LogP contribution in [0.5, 0.6) is 5.75 Å². The summed E-state index contributed by atoms with van der Waals surface area (Å²) in [5.41, 5.74) is 1.92. The topological polar surface area (TPSA) is 70.2 Å². The number of carbonyl (C=O) groups excluding carboxylic acids is 3. The predicted octanol–water partition coefficient (Wildman–Crippen LogP) is 3.17. The number of rotatable bonds is 7. The van der Waals surface area contributed by atoms with Gasteiger partial charge in [0, 0.05) is 12.6 Å². The van der Waals surface area contributed by atoms with Gasteiger partial charge in [0.2, 0.25) is 0 Å². The van der Waals surface area contributed by atoms with Gasteiger partial charge in [0.1, 0.15) is 5.75 Å². The zero-order valence-corrected chi connectivity index (χ0v) is 17.0. The summed E-state index contributed by atoms with van der Waals surface area (Å²) in [7, 11) is 0. The first-order valence-electron chi connectivity index (χ1n) is 10.3. The zero-order valence-electron chi connectivity index (χ0n) is 17.0. The van der Waals surface area contributed by atoms with Gasteiger partial charge in [-0.05, 0) is 43.0 Å². The van der Waals surface area contributed by atoms with Crippen LogP contribution in [0.15, 0.2) is 54.6 Å². The summed E-state index contributed by atoms with van der Waals surface area (Å²) in [5, 5.41) is 0. The first-order chi connectivity index (χ1) is 14.6. The molecular weight excluding hydrogens is 382 g/mol. The van der Waals surface area contributed by atoms with Gasteiger partial charge in [0.15, 0.2) is 0 Å². The van der Waals surface area contributed by atoms with Crippen LogP contribution in [0.3, 0.4) is 0 Å². The molecule has 0 saturated carbocycles. The highest BCUT2D eigenvalue weighted by molar-refractivity contribution is 6.44. The second kappa shape index (κ2) is 8.67. The maximum absolute atomic E-state index is 12.8. The second-order valence-electron chi connectivity index (χ2n) is 7.51. The third-order valence-electron chi connectivity index (χ3n) is 5.58. The van der Waals surface area contributed by atoms with Crippen LogP contribution in [0, 0.1) is 0 Å². The SMILES string of the molecule is CCOc1ccc([C@@H]2CCCN2CN2C(=O)C(=O)N(Cc3ccccc3)C2=O)cc1. The minimum Gasteiger partial charge on any atom is -0.494 e. The van der Waals surface area contributed by atoms with E-state index in [1.807, 2.05) is 61.5 Å². The van der Waals surface area contributed by atoms with Crippen molar-refractivity contribution in [2.75, 3.05) is 19.8 Å². The lowest BCUT2D eigenvalue weighted by atomic mass is 10.0. The Morgan fingerprint density at radius 3 is 2.33 bits per heavy atom. The molecule has 2 saturated heterocycles. The van der Waals surface area contributed by atoms with Gasteiger partial charge in [0.25, 0.3) is 0 Å².